The lowest BCUT2D eigenvalue weighted by molar-refractivity contribution is 0.0833. The Bertz CT molecular complexity index is 737. The zero-order chi connectivity index (χ0) is 18.4. The van der Waals surface area contributed by atoms with Gasteiger partial charge in [0.1, 0.15) is 5.75 Å². The maximum absolute atomic E-state index is 9.94. The summed E-state index contributed by atoms with van der Waals surface area (Å²) in [5, 5.41) is 18.6. The molecule has 1 aromatic rings. The Kier molecular flexibility index (Phi) is 4.95. The minimum atomic E-state index is -0.0586. The molecule has 2 fully saturated rings. The van der Waals surface area contributed by atoms with Crippen molar-refractivity contribution in [3.05, 3.63) is 27.7 Å². The van der Waals surface area contributed by atoms with Gasteiger partial charge < -0.3 is 10.4 Å². The molecule has 0 spiro atoms. The van der Waals surface area contributed by atoms with Crippen molar-refractivity contribution in [1.82, 2.24) is 10.7 Å². The maximum atomic E-state index is 9.94. The van der Waals surface area contributed by atoms with Crippen molar-refractivity contribution < 1.29 is 5.11 Å². The van der Waals surface area contributed by atoms with Gasteiger partial charge in [-0.1, -0.05) is 37.0 Å². The summed E-state index contributed by atoms with van der Waals surface area (Å²) < 4.78 is 0. The highest BCUT2D eigenvalue weighted by atomic mass is 35.5. The van der Waals surface area contributed by atoms with Crippen molar-refractivity contribution in [2.24, 2.45) is 22.4 Å². The van der Waals surface area contributed by atoms with Crippen LogP contribution in [0.1, 0.15) is 45.6 Å². The number of aromatic hydroxyl groups is 1. The largest absolute Gasteiger partial charge is 0.506 e. The van der Waals surface area contributed by atoms with Gasteiger partial charge in [0.25, 0.3) is 0 Å². The van der Waals surface area contributed by atoms with Crippen LogP contribution in [0.25, 0.3) is 0 Å². The smallest absolute Gasteiger partial charge is 0.187 e. The average Bonchev–Trinajstić information content (AvgIpc) is 3.07. The average molecular weight is 400 g/mol. The number of phenols is 1. The van der Waals surface area contributed by atoms with E-state index in [2.05, 4.69) is 36.6 Å². The molecule has 0 aliphatic heterocycles. The lowest BCUT2D eigenvalue weighted by Gasteiger charge is -2.48. The molecule has 4 nitrogen and oxygen atoms in total. The first-order chi connectivity index (χ1) is 11.6. The standard InChI is InChI=1S/C18H23Cl2N3OS/c1-17(2)11-4-5-12(7-11)18(17,3)22-16(25)23-21-9-10-6-13(19)8-14(20)15(10)24/h6,8-9,11-12,24H,4-5,7H2,1-3H3,(H2,22,23,25)/b21-9+. The third-order valence-electron chi connectivity index (χ3n) is 6.41. The second-order valence-corrected chi connectivity index (χ2v) is 9.03. The number of phenolic OH excluding ortho intramolecular Hbond substituents is 1. The molecule has 3 atom stereocenters. The SMILES string of the molecule is CC1(C)C2CCC(C2)C1(C)NC(=S)N/N=C/c1cc(Cl)cc(Cl)c1O. The number of hydrazone groups is 1. The Labute approximate surface area is 164 Å². The monoisotopic (exact) mass is 399 g/mol. The van der Waals surface area contributed by atoms with Gasteiger partial charge in [-0.15, -0.1) is 0 Å². The Balaban J connectivity index is 1.66. The molecule has 2 aliphatic rings. The molecule has 2 saturated carbocycles. The van der Waals surface area contributed by atoms with E-state index in [1.807, 2.05) is 0 Å². The van der Waals surface area contributed by atoms with E-state index in [4.69, 9.17) is 35.4 Å². The fraction of sp³-hybridized carbons (Fsp3) is 0.556. The van der Waals surface area contributed by atoms with E-state index in [0.29, 0.717) is 21.6 Å². The molecule has 0 saturated heterocycles. The fourth-order valence-electron chi connectivity index (χ4n) is 4.48. The maximum Gasteiger partial charge on any atom is 0.187 e. The molecule has 1 aromatic carbocycles. The number of hydrogen-bond donors (Lipinski definition) is 3. The topological polar surface area (TPSA) is 56.7 Å². The predicted octanol–water partition coefficient (Wildman–Crippen LogP) is 4.71. The highest BCUT2D eigenvalue weighted by Crippen LogP contribution is 2.61. The highest BCUT2D eigenvalue weighted by Gasteiger charge is 2.60. The van der Waals surface area contributed by atoms with Gasteiger partial charge in [0, 0.05) is 16.1 Å². The van der Waals surface area contributed by atoms with Gasteiger partial charge in [-0.3, -0.25) is 5.43 Å². The van der Waals surface area contributed by atoms with E-state index in [1.54, 1.807) is 6.07 Å². The molecule has 7 heteroatoms. The molecule has 0 radical (unpaired) electrons. The third-order valence-corrected chi connectivity index (χ3v) is 7.11. The molecule has 2 aliphatic carbocycles. The number of benzene rings is 1. The number of thiocarbonyl (C=S) groups is 1. The molecule has 25 heavy (non-hydrogen) atoms. The summed E-state index contributed by atoms with van der Waals surface area (Å²) in [5.74, 6) is 1.32. The first kappa shape index (κ1) is 18.7. The Morgan fingerprint density at radius 3 is 2.60 bits per heavy atom. The Hall–Kier alpha value is -1.04. The molecule has 2 bridgehead atoms. The van der Waals surface area contributed by atoms with Crippen LogP contribution in [0.4, 0.5) is 0 Å². The van der Waals surface area contributed by atoms with E-state index in [1.165, 1.54) is 31.5 Å². The molecule has 3 rings (SSSR count). The van der Waals surface area contributed by atoms with E-state index in [0.717, 1.165) is 5.92 Å². The summed E-state index contributed by atoms with van der Waals surface area (Å²) in [5.41, 5.74) is 3.41. The molecule has 3 N–H and O–H groups in total. The van der Waals surface area contributed by atoms with Crippen LogP contribution in [0, 0.1) is 17.3 Å². The quantitative estimate of drug-likeness (QED) is 0.391. The number of nitrogens with one attached hydrogen (secondary N) is 2. The minimum Gasteiger partial charge on any atom is -0.506 e. The van der Waals surface area contributed by atoms with Crippen LogP contribution < -0.4 is 10.7 Å². The molecule has 0 aromatic heterocycles. The molecule has 0 heterocycles. The summed E-state index contributed by atoms with van der Waals surface area (Å²) in [6.07, 6.45) is 5.27. The predicted molar refractivity (Wildman–Crippen MR) is 108 cm³/mol. The zero-order valence-corrected chi connectivity index (χ0v) is 16.9. The lowest BCUT2D eigenvalue weighted by atomic mass is 9.64. The number of hydrogen-bond acceptors (Lipinski definition) is 3. The van der Waals surface area contributed by atoms with Gasteiger partial charge in [0.2, 0.25) is 0 Å². The highest BCUT2D eigenvalue weighted by molar-refractivity contribution is 7.80. The van der Waals surface area contributed by atoms with Crippen molar-refractivity contribution in [3.8, 4) is 5.75 Å². The molecular weight excluding hydrogens is 377 g/mol. The second kappa shape index (κ2) is 6.60. The van der Waals surface area contributed by atoms with Gasteiger partial charge >= 0.3 is 0 Å². The summed E-state index contributed by atoms with van der Waals surface area (Å²) in [6, 6.07) is 3.07. The summed E-state index contributed by atoms with van der Waals surface area (Å²) in [6.45, 7) is 6.90. The molecule has 0 amide bonds. The fourth-order valence-corrected chi connectivity index (χ4v) is 5.26. The van der Waals surface area contributed by atoms with Crippen LogP contribution in [0.5, 0.6) is 5.75 Å². The van der Waals surface area contributed by atoms with Crippen LogP contribution >= 0.6 is 35.4 Å². The molecule has 136 valence electrons. The summed E-state index contributed by atoms with van der Waals surface area (Å²) in [4.78, 5) is 0. The van der Waals surface area contributed by atoms with Gasteiger partial charge in [-0.2, -0.15) is 5.10 Å². The summed E-state index contributed by atoms with van der Waals surface area (Å²) >= 11 is 17.3. The Morgan fingerprint density at radius 2 is 1.96 bits per heavy atom. The van der Waals surface area contributed by atoms with Crippen molar-refractivity contribution in [2.75, 3.05) is 0 Å². The number of fused-ring (bicyclic) bond motifs is 2. The first-order valence-corrected chi connectivity index (χ1v) is 9.61. The third kappa shape index (κ3) is 3.22. The number of halogens is 2. The van der Waals surface area contributed by atoms with Gasteiger partial charge in [-0.25, -0.2) is 0 Å². The summed E-state index contributed by atoms with van der Waals surface area (Å²) in [7, 11) is 0. The molecular formula is C18H23Cl2N3OS. The van der Waals surface area contributed by atoms with Crippen LogP contribution in [-0.4, -0.2) is 22.0 Å². The van der Waals surface area contributed by atoms with E-state index >= 15 is 0 Å². The minimum absolute atomic E-state index is 0.0446. The van der Waals surface area contributed by atoms with Crippen molar-refractivity contribution in [2.45, 2.75) is 45.6 Å². The van der Waals surface area contributed by atoms with Gasteiger partial charge in [-0.05, 0) is 67.8 Å². The van der Waals surface area contributed by atoms with Crippen LogP contribution in [0.2, 0.25) is 10.0 Å². The van der Waals surface area contributed by atoms with Crippen molar-refractivity contribution >= 4 is 46.7 Å². The van der Waals surface area contributed by atoms with Gasteiger partial charge in [0.05, 0.1) is 11.2 Å². The number of rotatable bonds is 3. The van der Waals surface area contributed by atoms with Crippen molar-refractivity contribution in [3.63, 3.8) is 0 Å². The van der Waals surface area contributed by atoms with Crippen LogP contribution in [-0.2, 0) is 0 Å². The second-order valence-electron chi connectivity index (χ2n) is 7.78. The molecule has 3 unspecified atom stereocenters. The Morgan fingerprint density at radius 1 is 1.28 bits per heavy atom. The lowest BCUT2D eigenvalue weighted by Crippen LogP contribution is -2.60. The van der Waals surface area contributed by atoms with E-state index < -0.39 is 0 Å². The van der Waals surface area contributed by atoms with Crippen molar-refractivity contribution in [1.29, 1.82) is 0 Å². The van der Waals surface area contributed by atoms with E-state index in [-0.39, 0.29) is 21.7 Å². The van der Waals surface area contributed by atoms with Crippen LogP contribution in [0.3, 0.4) is 0 Å². The zero-order valence-electron chi connectivity index (χ0n) is 14.6. The van der Waals surface area contributed by atoms with Crippen LogP contribution in [0.15, 0.2) is 17.2 Å². The normalized spacial score (nSPS) is 30.0. The number of nitrogens with zero attached hydrogens (tertiary/aromatic N) is 1. The van der Waals surface area contributed by atoms with E-state index in [9.17, 15) is 5.11 Å². The first-order valence-electron chi connectivity index (χ1n) is 8.44. The van der Waals surface area contributed by atoms with Gasteiger partial charge in [0.15, 0.2) is 5.11 Å².